The molecule has 0 amide bonds. The minimum atomic E-state index is 0.150. The number of aromatic nitrogens is 5. The standard InChI is InChI=1S/C16H16N8O/c1-9(18-19-13-8-7-11-5-3-4-6-12(11)13)14-10(2)24(23-20-14)16-15(17)21-25-22-16/h3-6H,7-8H2,1-2H3,(H2,17,21)/b18-9+,19-13-. The van der Waals surface area contributed by atoms with Gasteiger partial charge in [-0.15, -0.1) is 5.10 Å². The zero-order valence-corrected chi connectivity index (χ0v) is 13.8. The van der Waals surface area contributed by atoms with Gasteiger partial charge in [-0.1, -0.05) is 29.5 Å². The van der Waals surface area contributed by atoms with Gasteiger partial charge in [0.15, 0.2) is 0 Å². The van der Waals surface area contributed by atoms with E-state index in [9.17, 15) is 0 Å². The van der Waals surface area contributed by atoms with Gasteiger partial charge in [-0.2, -0.15) is 14.9 Å². The Labute approximate surface area is 143 Å². The zero-order valence-electron chi connectivity index (χ0n) is 13.8. The van der Waals surface area contributed by atoms with Gasteiger partial charge in [0.1, 0.15) is 5.69 Å². The Morgan fingerprint density at radius 1 is 1.24 bits per heavy atom. The average molecular weight is 336 g/mol. The van der Waals surface area contributed by atoms with E-state index in [2.05, 4.69) is 47.6 Å². The van der Waals surface area contributed by atoms with Crippen molar-refractivity contribution in [1.29, 1.82) is 0 Å². The number of aryl methyl sites for hydroxylation is 1. The Hall–Kier alpha value is -3.36. The molecule has 2 heterocycles. The fraction of sp³-hybridized carbons (Fsp3) is 0.250. The molecular formula is C16H16N8O. The van der Waals surface area contributed by atoms with Gasteiger partial charge in [0.2, 0.25) is 11.6 Å². The number of nitrogens with zero attached hydrogens (tertiary/aromatic N) is 7. The van der Waals surface area contributed by atoms with Crippen LogP contribution in [0.25, 0.3) is 5.82 Å². The number of hydrogen-bond donors (Lipinski definition) is 1. The molecule has 0 spiro atoms. The number of nitrogens with two attached hydrogens (primary N) is 1. The Kier molecular flexibility index (Phi) is 3.60. The number of nitrogen functional groups attached to an aromatic ring is 1. The van der Waals surface area contributed by atoms with Crippen LogP contribution >= 0.6 is 0 Å². The maximum Gasteiger partial charge on any atom is 0.243 e. The predicted molar refractivity (Wildman–Crippen MR) is 91.9 cm³/mol. The van der Waals surface area contributed by atoms with Gasteiger partial charge in [-0.3, -0.25) is 0 Å². The molecule has 1 aliphatic carbocycles. The van der Waals surface area contributed by atoms with E-state index in [-0.39, 0.29) is 5.82 Å². The minimum absolute atomic E-state index is 0.150. The summed E-state index contributed by atoms with van der Waals surface area (Å²) in [5, 5.41) is 24.3. The molecule has 1 aromatic carbocycles. The molecule has 0 atom stereocenters. The molecule has 0 aliphatic heterocycles. The molecular weight excluding hydrogens is 320 g/mol. The van der Waals surface area contributed by atoms with E-state index in [0.717, 1.165) is 24.2 Å². The Bertz CT molecular complexity index is 997. The summed E-state index contributed by atoms with van der Waals surface area (Å²) in [5.74, 6) is 0.456. The van der Waals surface area contributed by atoms with Crippen LogP contribution in [0.1, 0.15) is 35.9 Å². The second-order valence-electron chi connectivity index (χ2n) is 5.80. The van der Waals surface area contributed by atoms with Crippen LogP contribution in [-0.4, -0.2) is 36.7 Å². The fourth-order valence-corrected chi connectivity index (χ4v) is 2.90. The third kappa shape index (κ3) is 2.59. The van der Waals surface area contributed by atoms with Gasteiger partial charge in [0.05, 0.1) is 17.1 Å². The third-order valence-corrected chi connectivity index (χ3v) is 4.21. The lowest BCUT2D eigenvalue weighted by atomic mass is 10.1. The summed E-state index contributed by atoms with van der Waals surface area (Å²) in [6.07, 6.45) is 1.89. The lowest BCUT2D eigenvalue weighted by molar-refractivity contribution is 0.306. The smallest absolute Gasteiger partial charge is 0.243 e. The summed E-state index contributed by atoms with van der Waals surface area (Å²) < 4.78 is 6.08. The number of hydrogen-bond acceptors (Lipinski definition) is 8. The minimum Gasteiger partial charge on any atom is -0.378 e. The van der Waals surface area contributed by atoms with Crippen LogP contribution in [-0.2, 0) is 6.42 Å². The van der Waals surface area contributed by atoms with Crippen LogP contribution in [0.5, 0.6) is 0 Å². The van der Waals surface area contributed by atoms with Gasteiger partial charge in [-0.05, 0) is 42.6 Å². The first-order valence-corrected chi connectivity index (χ1v) is 7.85. The van der Waals surface area contributed by atoms with Gasteiger partial charge in [0.25, 0.3) is 0 Å². The Morgan fingerprint density at radius 2 is 2.08 bits per heavy atom. The van der Waals surface area contributed by atoms with Crippen molar-refractivity contribution >= 4 is 17.2 Å². The van der Waals surface area contributed by atoms with E-state index in [1.54, 1.807) is 0 Å². The molecule has 4 rings (SSSR count). The molecule has 1 aliphatic rings. The van der Waals surface area contributed by atoms with Crippen molar-refractivity contribution in [1.82, 2.24) is 25.3 Å². The Balaban J connectivity index is 1.65. The van der Waals surface area contributed by atoms with Gasteiger partial charge >= 0.3 is 0 Å². The lowest BCUT2D eigenvalue weighted by Gasteiger charge is -1.99. The lowest BCUT2D eigenvalue weighted by Crippen LogP contribution is -2.04. The molecule has 0 fully saturated rings. The summed E-state index contributed by atoms with van der Waals surface area (Å²) in [4.78, 5) is 0. The van der Waals surface area contributed by atoms with Gasteiger partial charge < -0.3 is 5.73 Å². The highest BCUT2D eigenvalue weighted by molar-refractivity contribution is 6.05. The highest BCUT2D eigenvalue weighted by atomic mass is 16.6. The Morgan fingerprint density at radius 3 is 2.88 bits per heavy atom. The monoisotopic (exact) mass is 336 g/mol. The van der Waals surface area contributed by atoms with Crippen LogP contribution in [0.4, 0.5) is 5.82 Å². The summed E-state index contributed by atoms with van der Waals surface area (Å²) in [6.45, 7) is 3.69. The molecule has 0 saturated heterocycles. The number of anilines is 1. The van der Waals surface area contributed by atoms with E-state index in [0.29, 0.717) is 17.2 Å². The second kappa shape index (κ2) is 5.93. The molecule has 25 heavy (non-hydrogen) atoms. The maximum atomic E-state index is 5.71. The van der Waals surface area contributed by atoms with E-state index in [4.69, 9.17) is 5.73 Å². The van der Waals surface area contributed by atoms with E-state index in [1.807, 2.05) is 26.0 Å². The first-order valence-electron chi connectivity index (χ1n) is 7.85. The van der Waals surface area contributed by atoms with Crippen molar-refractivity contribution in [3.05, 3.63) is 46.8 Å². The molecule has 9 nitrogen and oxygen atoms in total. The van der Waals surface area contributed by atoms with Gasteiger partial charge in [0, 0.05) is 5.56 Å². The highest BCUT2D eigenvalue weighted by Crippen LogP contribution is 2.22. The largest absolute Gasteiger partial charge is 0.378 e. The van der Waals surface area contributed by atoms with Crippen molar-refractivity contribution in [2.75, 3.05) is 5.73 Å². The molecule has 0 saturated carbocycles. The summed E-state index contributed by atoms with van der Waals surface area (Å²) >= 11 is 0. The summed E-state index contributed by atoms with van der Waals surface area (Å²) in [5.41, 5.74) is 11.2. The van der Waals surface area contributed by atoms with E-state index < -0.39 is 0 Å². The van der Waals surface area contributed by atoms with Crippen molar-refractivity contribution in [3.63, 3.8) is 0 Å². The molecule has 126 valence electrons. The molecule has 0 unspecified atom stereocenters. The normalized spacial score (nSPS) is 15.8. The average Bonchev–Trinajstić information content (AvgIpc) is 3.31. The van der Waals surface area contributed by atoms with Crippen molar-refractivity contribution in [2.24, 2.45) is 10.2 Å². The first kappa shape index (κ1) is 15.2. The van der Waals surface area contributed by atoms with Crippen LogP contribution in [0.3, 0.4) is 0 Å². The highest BCUT2D eigenvalue weighted by Gasteiger charge is 2.19. The van der Waals surface area contributed by atoms with Gasteiger partial charge in [-0.25, -0.2) is 4.63 Å². The predicted octanol–water partition coefficient (Wildman–Crippen LogP) is 1.70. The zero-order chi connectivity index (χ0) is 17.4. The first-order chi connectivity index (χ1) is 12.1. The van der Waals surface area contributed by atoms with Crippen LogP contribution < -0.4 is 5.73 Å². The van der Waals surface area contributed by atoms with Crippen LogP contribution in [0, 0.1) is 6.92 Å². The SMILES string of the molecule is C/C(=N\N=C1\CCc2ccccc21)c1nnn(-c2nonc2N)c1C. The molecule has 2 N–H and O–H groups in total. The maximum absolute atomic E-state index is 5.71. The second-order valence-corrected chi connectivity index (χ2v) is 5.80. The number of benzene rings is 1. The molecule has 9 heteroatoms. The number of fused-ring (bicyclic) bond motifs is 1. The topological polar surface area (TPSA) is 120 Å². The quantitative estimate of drug-likeness (QED) is 0.574. The molecule has 0 radical (unpaired) electrons. The van der Waals surface area contributed by atoms with Crippen molar-refractivity contribution < 1.29 is 4.63 Å². The van der Waals surface area contributed by atoms with E-state index in [1.165, 1.54) is 15.8 Å². The molecule has 3 aromatic rings. The third-order valence-electron chi connectivity index (χ3n) is 4.21. The van der Waals surface area contributed by atoms with E-state index >= 15 is 0 Å². The van der Waals surface area contributed by atoms with Crippen molar-refractivity contribution in [2.45, 2.75) is 26.7 Å². The van der Waals surface area contributed by atoms with Crippen molar-refractivity contribution in [3.8, 4) is 5.82 Å². The van der Waals surface area contributed by atoms with Crippen LogP contribution in [0.15, 0.2) is 39.1 Å². The fourth-order valence-electron chi connectivity index (χ4n) is 2.90. The number of rotatable bonds is 3. The molecule has 2 aromatic heterocycles. The molecule has 0 bridgehead atoms. The van der Waals surface area contributed by atoms with Crippen LogP contribution in [0.2, 0.25) is 0 Å². The summed E-state index contributed by atoms with van der Waals surface area (Å²) in [7, 11) is 0. The summed E-state index contributed by atoms with van der Waals surface area (Å²) in [6, 6.07) is 8.26.